The number of anilines is 3. The fourth-order valence-corrected chi connectivity index (χ4v) is 4.58. The third-order valence-corrected chi connectivity index (χ3v) is 5.81. The molecule has 1 unspecified atom stereocenters. The minimum atomic E-state index is -0.884. The second kappa shape index (κ2) is 9.43. The highest BCUT2D eigenvalue weighted by Crippen LogP contribution is 2.34. The van der Waals surface area contributed by atoms with Gasteiger partial charge in [-0.3, -0.25) is 0 Å². The Bertz CT molecular complexity index is 1010. The Morgan fingerprint density at radius 1 is 1.28 bits per heavy atom. The third-order valence-electron chi connectivity index (χ3n) is 5.81. The van der Waals surface area contributed by atoms with E-state index in [9.17, 15) is 15.2 Å². The first-order valence-electron chi connectivity index (χ1n) is 11.1. The van der Waals surface area contributed by atoms with E-state index in [4.69, 9.17) is 4.98 Å². The van der Waals surface area contributed by atoms with Gasteiger partial charge in [-0.25, -0.2) is 9.78 Å². The van der Waals surface area contributed by atoms with E-state index in [1.54, 1.807) is 17.0 Å². The van der Waals surface area contributed by atoms with E-state index in [0.29, 0.717) is 24.6 Å². The van der Waals surface area contributed by atoms with Crippen LogP contribution < -0.4 is 10.2 Å². The molecule has 2 atom stereocenters. The number of nitriles is 1. The molecule has 32 heavy (non-hydrogen) atoms. The van der Waals surface area contributed by atoms with Crippen LogP contribution in [0, 0.1) is 16.7 Å². The SMILES string of the molecule is CCCc1cc(N2CCN(C(=O)O)[C@H](C(C)(C)C)C2C)nc(Nc2cccc(C#N)c2)n1. The first-order valence-corrected chi connectivity index (χ1v) is 11.1. The van der Waals surface area contributed by atoms with Crippen LogP contribution >= 0.6 is 0 Å². The number of aromatic nitrogens is 2. The molecule has 0 bridgehead atoms. The molecule has 1 amide bonds. The second-order valence-electron chi connectivity index (χ2n) is 9.33. The maximum absolute atomic E-state index is 11.9. The predicted molar refractivity (Wildman–Crippen MR) is 125 cm³/mol. The topological polar surface area (TPSA) is 105 Å². The molecular weight excluding hydrogens is 404 g/mol. The zero-order valence-electron chi connectivity index (χ0n) is 19.5. The molecule has 0 aliphatic carbocycles. The molecule has 1 aliphatic heterocycles. The summed E-state index contributed by atoms with van der Waals surface area (Å²) in [5.41, 5.74) is 2.01. The number of aryl methyl sites for hydroxylation is 1. The van der Waals surface area contributed by atoms with Gasteiger partial charge in [-0.15, -0.1) is 0 Å². The summed E-state index contributed by atoms with van der Waals surface area (Å²) < 4.78 is 0. The Balaban J connectivity index is 1.97. The summed E-state index contributed by atoms with van der Waals surface area (Å²) in [6.45, 7) is 11.4. The van der Waals surface area contributed by atoms with Crippen LogP contribution in [0.1, 0.15) is 52.3 Å². The lowest BCUT2D eigenvalue weighted by molar-refractivity contribution is 0.0561. The normalized spacial score (nSPS) is 18.9. The minimum Gasteiger partial charge on any atom is -0.465 e. The number of nitrogens with zero attached hydrogens (tertiary/aromatic N) is 5. The summed E-state index contributed by atoms with van der Waals surface area (Å²) in [7, 11) is 0. The van der Waals surface area contributed by atoms with Crippen molar-refractivity contribution in [3.63, 3.8) is 0 Å². The van der Waals surface area contributed by atoms with Gasteiger partial charge in [-0.05, 0) is 37.0 Å². The van der Waals surface area contributed by atoms with Crippen molar-refractivity contribution in [2.24, 2.45) is 5.41 Å². The largest absolute Gasteiger partial charge is 0.465 e. The van der Waals surface area contributed by atoms with Gasteiger partial charge in [0.25, 0.3) is 0 Å². The van der Waals surface area contributed by atoms with Gasteiger partial charge in [-0.1, -0.05) is 40.2 Å². The zero-order valence-corrected chi connectivity index (χ0v) is 19.5. The summed E-state index contributed by atoms with van der Waals surface area (Å²) in [4.78, 5) is 25.1. The van der Waals surface area contributed by atoms with Crippen molar-refractivity contribution in [2.75, 3.05) is 23.3 Å². The molecule has 1 aromatic heterocycles. The standard InChI is InChI=1S/C24H32N6O2/c1-6-8-18-14-20(28-22(26-18)27-19-10-7-9-17(13-19)15-25)29-11-12-30(23(31)32)21(16(29)2)24(3,4)5/h7,9-10,13-14,16,21H,6,8,11-12H2,1-5H3,(H,31,32)(H,26,27,28)/t16?,21-/m0/s1. The van der Waals surface area contributed by atoms with Crippen molar-refractivity contribution in [3.05, 3.63) is 41.6 Å². The molecule has 1 aromatic carbocycles. The third kappa shape index (κ3) is 5.10. The summed E-state index contributed by atoms with van der Waals surface area (Å²) in [6, 6.07) is 11.1. The van der Waals surface area contributed by atoms with E-state index in [-0.39, 0.29) is 17.5 Å². The number of hydrogen-bond acceptors (Lipinski definition) is 6. The Morgan fingerprint density at radius 2 is 2.03 bits per heavy atom. The van der Waals surface area contributed by atoms with Crippen molar-refractivity contribution < 1.29 is 9.90 Å². The molecule has 1 fully saturated rings. The number of rotatable bonds is 5. The lowest BCUT2D eigenvalue weighted by atomic mass is 9.80. The van der Waals surface area contributed by atoms with Crippen LogP contribution in [0.3, 0.4) is 0 Å². The van der Waals surface area contributed by atoms with Gasteiger partial charge in [0.15, 0.2) is 0 Å². The lowest BCUT2D eigenvalue weighted by Crippen LogP contribution is -2.64. The lowest BCUT2D eigenvalue weighted by Gasteiger charge is -2.50. The van der Waals surface area contributed by atoms with Crippen molar-refractivity contribution in [3.8, 4) is 6.07 Å². The molecule has 1 saturated heterocycles. The fourth-order valence-electron chi connectivity index (χ4n) is 4.58. The summed E-state index contributed by atoms with van der Waals surface area (Å²) in [5.74, 6) is 1.26. The molecule has 1 aliphatic rings. The number of amides is 1. The van der Waals surface area contributed by atoms with Crippen LogP contribution in [0.2, 0.25) is 0 Å². The molecule has 3 rings (SSSR count). The van der Waals surface area contributed by atoms with E-state index in [0.717, 1.165) is 30.0 Å². The number of hydrogen-bond donors (Lipinski definition) is 2. The number of carbonyl (C=O) groups is 1. The minimum absolute atomic E-state index is 0.0565. The van der Waals surface area contributed by atoms with Gasteiger partial charge in [-0.2, -0.15) is 10.2 Å². The quantitative estimate of drug-likeness (QED) is 0.703. The molecule has 2 heterocycles. The van der Waals surface area contributed by atoms with E-state index in [2.05, 4.69) is 55.9 Å². The molecule has 8 heteroatoms. The Kier molecular flexibility index (Phi) is 6.87. The predicted octanol–water partition coefficient (Wildman–Crippen LogP) is 4.65. The summed E-state index contributed by atoms with van der Waals surface area (Å²) in [6.07, 6.45) is 0.881. The van der Waals surface area contributed by atoms with Gasteiger partial charge in [0.1, 0.15) is 5.82 Å². The van der Waals surface area contributed by atoms with E-state index >= 15 is 0 Å². The van der Waals surface area contributed by atoms with Crippen LogP contribution in [-0.4, -0.2) is 51.2 Å². The summed E-state index contributed by atoms with van der Waals surface area (Å²) >= 11 is 0. The van der Waals surface area contributed by atoms with Crippen LogP contribution in [0.5, 0.6) is 0 Å². The molecule has 0 radical (unpaired) electrons. The molecule has 2 aromatic rings. The molecule has 170 valence electrons. The van der Waals surface area contributed by atoms with Gasteiger partial charge in [0, 0.05) is 36.6 Å². The highest BCUT2D eigenvalue weighted by atomic mass is 16.4. The van der Waals surface area contributed by atoms with E-state index < -0.39 is 6.09 Å². The molecule has 0 spiro atoms. The number of piperazine rings is 1. The highest BCUT2D eigenvalue weighted by Gasteiger charge is 2.43. The highest BCUT2D eigenvalue weighted by molar-refractivity contribution is 5.67. The smallest absolute Gasteiger partial charge is 0.407 e. The van der Waals surface area contributed by atoms with Crippen molar-refractivity contribution in [1.82, 2.24) is 14.9 Å². The van der Waals surface area contributed by atoms with Crippen LogP contribution in [0.25, 0.3) is 0 Å². The van der Waals surface area contributed by atoms with Gasteiger partial charge < -0.3 is 20.2 Å². The first kappa shape index (κ1) is 23.3. The Labute approximate surface area is 189 Å². The van der Waals surface area contributed by atoms with Crippen LogP contribution in [0.15, 0.2) is 30.3 Å². The molecule has 8 nitrogen and oxygen atoms in total. The molecular formula is C24H32N6O2. The van der Waals surface area contributed by atoms with Crippen molar-refractivity contribution >= 4 is 23.5 Å². The number of carboxylic acid groups (broad SMARTS) is 1. The van der Waals surface area contributed by atoms with Gasteiger partial charge >= 0.3 is 6.09 Å². The average Bonchev–Trinajstić information content (AvgIpc) is 2.72. The summed E-state index contributed by atoms with van der Waals surface area (Å²) in [5, 5.41) is 22.2. The second-order valence-corrected chi connectivity index (χ2v) is 9.33. The van der Waals surface area contributed by atoms with E-state index in [1.165, 1.54) is 0 Å². The van der Waals surface area contributed by atoms with Crippen LogP contribution in [0.4, 0.5) is 22.2 Å². The average molecular weight is 437 g/mol. The monoisotopic (exact) mass is 436 g/mol. The zero-order chi connectivity index (χ0) is 23.5. The van der Waals surface area contributed by atoms with Gasteiger partial charge in [0.2, 0.25) is 5.95 Å². The Hall–Kier alpha value is -3.34. The Morgan fingerprint density at radius 3 is 2.66 bits per heavy atom. The van der Waals surface area contributed by atoms with Crippen molar-refractivity contribution in [1.29, 1.82) is 5.26 Å². The molecule has 0 saturated carbocycles. The molecule has 2 N–H and O–H groups in total. The maximum atomic E-state index is 11.9. The first-order chi connectivity index (χ1) is 15.1. The fraction of sp³-hybridized carbons (Fsp3) is 0.500. The van der Waals surface area contributed by atoms with E-state index in [1.807, 2.05) is 18.2 Å². The van der Waals surface area contributed by atoms with Crippen molar-refractivity contribution in [2.45, 2.75) is 59.5 Å². The number of benzene rings is 1. The number of nitrogens with one attached hydrogen (secondary N) is 1. The van der Waals surface area contributed by atoms with Gasteiger partial charge in [0.05, 0.1) is 17.7 Å². The maximum Gasteiger partial charge on any atom is 0.407 e. The van der Waals surface area contributed by atoms with Crippen LogP contribution in [-0.2, 0) is 6.42 Å².